The number of nitrogens with one attached hydrogen (secondary N) is 1. The number of aromatic nitrogens is 4. The lowest BCUT2D eigenvalue weighted by molar-refractivity contribution is 0.102. The molecule has 0 saturated carbocycles. The van der Waals surface area contributed by atoms with Crippen molar-refractivity contribution in [1.29, 1.82) is 0 Å². The van der Waals surface area contributed by atoms with Crippen LogP contribution >= 0.6 is 0 Å². The lowest BCUT2D eigenvalue weighted by atomic mass is 10.1. The summed E-state index contributed by atoms with van der Waals surface area (Å²) < 4.78 is 15.4. The van der Waals surface area contributed by atoms with Crippen LogP contribution in [0.1, 0.15) is 21.6 Å². The van der Waals surface area contributed by atoms with Crippen molar-refractivity contribution in [3.05, 3.63) is 108 Å². The fourth-order valence-corrected chi connectivity index (χ4v) is 3.71. The topological polar surface area (TPSA) is 72.7 Å². The normalized spacial score (nSPS) is 11.0. The molecular weight excluding hydrogens is 417 g/mol. The zero-order valence-corrected chi connectivity index (χ0v) is 17.9. The van der Waals surface area contributed by atoms with E-state index in [4.69, 9.17) is 4.98 Å². The number of hydrogen-bond acceptors (Lipinski definition) is 4. The zero-order valence-electron chi connectivity index (χ0n) is 17.9. The van der Waals surface area contributed by atoms with Crippen LogP contribution in [0.4, 0.5) is 10.2 Å². The third kappa shape index (κ3) is 4.34. The molecule has 0 bridgehead atoms. The van der Waals surface area contributed by atoms with Crippen molar-refractivity contribution in [1.82, 2.24) is 19.7 Å². The Morgan fingerprint density at radius 3 is 2.58 bits per heavy atom. The van der Waals surface area contributed by atoms with E-state index < -0.39 is 0 Å². The molecule has 7 heteroatoms. The van der Waals surface area contributed by atoms with Gasteiger partial charge in [0.05, 0.1) is 29.4 Å². The molecule has 0 atom stereocenters. The highest BCUT2D eigenvalue weighted by Gasteiger charge is 2.18. The number of halogens is 1. The molecule has 0 aliphatic rings. The highest BCUT2D eigenvalue weighted by atomic mass is 19.1. The molecule has 0 fully saturated rings. The number of carbonyl (C=O) groups excluding carboxylic acids is 1. The van der Waals surface area contributed by atoms with E-state index in [0.717, 1.165) is 16.8 Å². The molecule has 3 heterocycles. The van der Waals surface area contributed by atoms with Gasteiger partial charge in [-0.1, -0.05) is 48.5 Å². The van der Waals surface area contributed by atoms with Gasteiger partial charge in [-0.15, -0.1) is 0 Å². The lowest BCUT2D eigenvalue weighted by Crippen LogP contribution is -2.14. The standard InChI is InChI=1S/C26H20FN5O/c1-17-7-5-12-24(29-17)31-26(33)21-14-23(19-9-3-2-4-10-19)30-25-22(21)15-28-32(25)16-18-8-6-11-20(27)13-18/h2-15H,16H2,1H3,(H,29,31,33). The molecule has 5 rings (SSSR count). The number of nitrogens with zero attached hydrogens (tertiary/aromatic N) is 4. The summed E-state index contributed by atoms with van der Waals surface area (Å²) in [6.07, 6.45) is 1.62. The number of pyridine rings is 2. The van der Waals surface area contributed by atoms with Crippen LogP contribution in [0.2, 0.25) is 0 Å². The van der Waals surface area contributed by atoms with E-state index in [0.29, 0.717) is 34.7 Å². The van der Waals surface area contributed by atoms with E-state index in [1.165, 1.54) is 12.1 Å². The van der Waals surface area contributed by atoms with E-state index in [2.05, 4.69) is 15.4 Å². The number of amides is 1. The Morgan fingerprint density at radius 2 is 1.79 bits per heavy atom. The van der Waals surface area contributed by atoms with Gasteiger partial charge in [-0.05, 0) is 42.8 Å². The monoisotopic (exact) mass is 437 g/mol. The third-order valence-corrected chi connectivity index (χ3v) is 5.27. The molecular formula is C26H20FN5O. The number of aryl methyl sites for hydroxylation is 1. The predicted molar refractivity (Wildman–Crippen MR) is 125 cm³/mol. The highest BCUT2D eigenvalue weighted by Crippen LogP contribution is 2.26. The van der Waals surface area contributed by atoms with Gasteiger partial charge in [-0.2, -0.15) is 5.10 Å². The van der Waals surface area contributed by atoms with Crippen LogP contribution in [0.3, 0.4) is 0 Å². The van der Waals surface area contributed by atoms with Crippen LogP contribution in [-0.2, 0) is 6.54 Å². The molecule has 1 amide bonds. The number of hydrogen-bond donors (Lipinski definition) is 1. The van der Waals surface area contributed by atoms with E-state index in [-0.39, 0.29) is 11.7 Å². The summed E-state index contributed by atoms with van der Waals surface area (Å²) in [5, 5.41) is 7.93. The molecule has 5 aromatic rings. The minimum absolute atomic E-state index is 0.303. The van der Waals surface area contributed by atoms with Crippen LogP contribution in [0.15, 0.2) is 85.1 Å². The quantitative estimate of drug-likeness (QED) is 0.408. The Hall–Kier alpha value is -4.39. The van der Waals surface area contributed by atoms with E-state index in [1.807, 2.05) is 55.5 Å². The molecule has 2 aromatic carbocycles. The highest BCUT2D eigenvalue weighted by molar-refractivity contribution is 6.12. The molecule has 1 N–H and O–H groups in total. The van der Waals surface area contributed by atoms with Gasteiger partial charge in [0.2, 0.25) is 0 Å². The summed E-state index contributed by atoms with van der Waals surface area (Å²) in [7, 11) is 0. The second-order valence-electron chi connectivity index (χ2n) is 7.71. The van der Waals surface area contributed by atoms with E-state index in [1.54, 1.807) is 29.1 Å². The summed E-state index contributed by atoms with van der Waals surface area (Å²) >= 11 is 0. The summed E-state index contributed by atoms with van der Waals surface area (Å²) in [6, 6.07) is 23.2. The number of fused-ring (bicyclic) bond motifs is 1. The fourth-order valence-electron chi connectivity index (χ4n) is 3.71. The van der Waals surface area contributed by atoms with Crippen LogP contribution < -0.4 is 5.32 Å². The summed E-state index contributed by atoms with van der Waals surface area (Å²) in [6.45, 7) is 2.19. The van der Waals surface area contributed by atoms with E-state index >= 15 is 0 Å². The van der Waals surface area contributed by atoms with Crippen molar-refractivity contribution in [3.63, 3.8) is 0 Å². The second kappa shape index (κ2) is 8.63. The van der Waals surface area contributed by atoms with Crippen molar-refractivity contribution in [3.8, 4) is 11.3 Å². The smallest absolute Gasteiger partial charge is 0.257 e. The first kappa shape index (κ1) is 20.5. The van der Waals surface area contributed by atoms with Gasteiger partial charge < -0.3 is 5.32 Å². The molecule has 3 aromatic heterocycles. The van der Waals surface area contributed by atoms with Crippen LogP contribution in [0.5, 0.6) is 0 Å². The van der Waals surface area contributed by atoms with Crippen molar-refractivity contribution in [2.24, 2.45) is 0 Å². The average molecular weight is 437 g/mol. The average Bonchev–Trinajstić information content (AvgIpc) is 3.21. The molecule has 0 aliphatic carbocycles. The predicted octanol–water partition coefficient (Wildman–Crippen LogP) is 5.24. The SMILES string of the molecule is Cc1cccc(NC(=O)c2cc(-c3ccccc3)nc3c2cnn3Cc2cccc(F)c2)n1. The number of carbonyl (C=O) groups is 1. The second-order valence-corrected chi connectivity index (χ2v) is 7.71. The van der Waals surface area contributed by atoms with Crippen LogP contribution in [0.25, 0.3) is 22.3 Å². The summed E-state index contributed by atoms with van der Waals surface area (Å²) in [4.78, 5) is 22.4. The first-order valence-corrected chi connectivity index (χ1v) is 10.5. The minimum Gasteiger partial charge on any atom is -0.307 e. The molecule has 0 radical (unpaired) electrons. The van der Waals surface area contributed by atoms with Crippen molar-refractivity contribution < 1.29 is 9.18 Å². The minimum atomic E-state index is -0.312. The first-order valence-electron chi connectivity index (χ1n) is 10.5. The number of benzene rings is 2. The largest absolute Gasteiger partial charge is 0.307 e. The Kier molecular flexibility index (Phi) is 5.36. The fraction of sp³-hybridized carbons (Fsp3) is 0.0769. The summed E-state index contributed by atoms with van der Waals surface area (Å²) in [5.74, 6) is -0.144. The number of anilines is 1. The molecule has 0 spiro atoms. The molecule has 0 aliphatic heterocycles. The maximum atomic E-state index is 13.7. The van der Waals surface area contributed by atoms with Crippen molar-refractivity contribution in [2.75, 3.05) is 5.32 Å². The first-order chi connectivity index (χ1) is 16.1. The van der Waals surface area contributed by atoms with Crippen molar-refractivity contribution >= 4 is 22.8 Å². The lowest BCUT2D eigenvalue weighted by Gasteiger charge is -2.10. The summed E-state index contributed by atoms with van der Waals surface area (Å²) in [5.41, 5.74) is 4.06. The maximum absolute atomic E-state index is 13.7. The molecule has 0 saturated heterocycles. The molecule has 0 unspecified atom stereocenters. The maximum Gasteiger partial charge on any atom is 0.257 e. The van der Waals surface area contributed by atoms with Gasteiger partial charge in [0.1, 0.15) is 11.6 Å². The Labute approximate surface area is 189 Å². The molecule has 6 nitrogen and oxygen atoms in total. The van der Waals surface area contributed by atoms with Crippen LogP contribution in [0, 0.1) is 12.7 Å². The van der Waals surface area contributed by atoms with Crippen molar-refractivity contribution in [2.45, 2.75) is 13.5 Å². The Morgan fingerprint density at radius 1 is 0.970 bits per heavy atom. The van der Waals surface area contributed by atoms with Gasteiger partial charge in [0, 0.05) is 11.3 Å². The molecule has 33 heavy (non-hydrogen) atoms. The Balaban J connectivity index is 1.61. The van der Waals surface area contributed by atoms with E-state index in [9.17, 15) is 9.18 Å². The van der Waals surface area contributed by atoms with Crippen LogP contribution in [-0.4, -0.2) is 25.7 Å². The third-order valence-electron chi connectivity index (χ3n) is 5.27. The van der Waals surface area contributed by atoms with Gasteiger partial charge in [0.25, 0.3) is 5.91 Å². The number of rotatable bonds is 5. The molecule has 162 valence electrons. The van der Waals surface area contributed by atoms with Gasteiger partial charge in [-0.3, -0.25) is 4.79 Å². The van der Waals surface area contributed by atoms with Gasteiger partial charge >= 0.3 is 0 Å². The Bertz CT molecular complexity index is 1460. The zero-order chi connectivity index (χ0) is 22.8. The van der Waals surface area contributed by atoms with Gasteiger partial charge in [0.15, 0.2) is 5.65 Å². The van der Waals surface area contributed by atoms with Gasteiger partial charge in [-0.25, -0.2) is 19.0 Å².